The summed E-state index contributed by atoms with van der Waals surface area (Å²) in [5.41, 5.74) is 0.829. The molecule has 2 N–H and O–H groups in total. The minimum Gasteiger partial charge on any atom is -0.480 e. The van der Waals surface area contributed by atoms with E-state index in [1.807, 2.05) is 36.5 Å². The molecule has 1 aromatic carbocycles. The molecule has 0 saturated carbocycles. The molecule has 0 amide bonds. The van der Waals surface area contributed by atoms with Crippen LogP contribution in [0.2, 0.25) is 0 Å². The molecule has 0 atom stereocenters. The number of para-hydroxylation sites is 1. The van der Waals surface area contributed by atoms with Gasteiger partial charge in [-0.1, -0.05) is 38.1 Å². The van der Waals surface area contributed by atoms with E-state index in [2.05, 4.69) is 41.0 Å². The Bertz CT molecular complexity index is 474. The van der Waals surface area contributed by atoms with Crippen LogP contribution in [0.5, 0.6) is 0 Å². The lowest BCUT2D eigenvalue weighted by atomic mass is 10.3. The largest absolute Gasteiger partial charge is 0.480 e. The number of carboxylic acid groups (broad SMARTS) is 1. The average Bonchev–Trinajstić information content (AvgIpc) is 3.00. The van der Waals surface area contributed by atoms with E-state index in [1.54, 1.807) is 0 Å². The molecule has 5 heteroatoms. The zero-order valence-corrected chi connectivity index (χ0v) is 13.1. The van der Waals surface area contributed by atoms with Gasteiger partial charge in [0.15, 0.2) is 0 Å². The van der Waals surface area contributed by atoms with Crippen molar-refractivity contribution in [1.29, 1.82) is 0 Å². The fraction of sp³-hybridized carbons (Fsp3) is 0.353. The molecular formula is C17H25N3O2. The van der Waals surface area contributed by atoms with Gasteiger partial charge in [-0.25, -0.2) is 0 Å². The highest BCUT2D eigenvalue weighted by Gasteiger charge is 2.07. The van der Waals surface area contributed by atoms with Gasteiger partial charge in [-0.2, -0.15) is 0 Å². The molecule has 5 nitrogen and oxygen atoms in total. The lowest BCUT2D eigenvalue weighted by Gasteiger charge is -2.17. The van der Waals surface area contributed by atoms with Crippen LogP contribution in [0.1, 0.15) is 19.8 Å². The second-order valence-corrected chi connectivity index (χ2v) is 4.92. The number of benzene rings is 1. The maximum Gasteiger partial charge on any atom is 0.322 e. The molecule has 1 aromatic rings. The van der Waals surface area contributed by atoms with Gasteiger partial charge in [0.25, 0.3) is 0 Å². The van der Waals surface area contributed by atoms with Gasteiger partial charge in [0.05, 0.1) is 6.67 Å². The number of nitrogens with zero attached hydrogens (tertiary/aromatic N) is 2. The van der Waals surface area contributed by atoms with Crippen molar-refractivity contribution in [3.05, 3.63) is 55.5 Å². The van der Waals surface area contributed by atoms with Crippen molar-refractivity contribution in [2.24, 2.45) is 0 Å². The number of carboxylic acids is 1. The van der Waals surface area contributed by atoms with Crippen LogP contribution < -0.4 is 5.32 Å². The van der Waals surface area contributed by atoms with E-state index in [0.717, 1.165) is 18.9 Å². The van der Waals surface area contributed by atoms with Gasteiger partial charge >= 0.3 is 5.97 Å². The third-order valence-corrected chi connectivity index (χ3v) is 3.06. The van der Waals surface area contributed by atoms with E-state index in [9.17, 15) is 4.79 Å². The lowest BCUT2D eigenvalue weighted by molar-refractivity contribution is -0.134. The van der Waals surface area contributed by atoms with Crippen LogP contribution in [-0.2, 0) is 4.79 Å². The molecule has 120 valence electrons. The van der Waals surface area contributed by atoms with Crippen LogP contribution in [0.4, 0.5) is 5.69 Å². The van der Waals surface area contributed by atoms with Crippen molar-refractivity contribution >= 4 is 11.7 Å². The number of hydrogen-bond donors (Lipinski definition) is 2. The SMILES string of the molecule is C=CN1C=CN(CCCC)C1.O=C(O)CNc1ccccc1. The number of unbranched alkanes of at least 4 members (excludes halogenated alkanes) is 1. The molecule has 0 bridgehead atoms. The van der Waals surface area contributed by atoms with Gasteiger partial charge in [-0.05, 0) is 24.8 Å². The van der Waals surface area contributed by atoms with Crippen molar-refractivity contribution in [2.45, 2.75) is 19.8 Å². The van der Waals surface area contributed by atoms with Gasteiger partial charge in [-0.3, -0.25) is 4.79 Å². The maximum absolute atomic E-state index is 10.1. The number of rotatable bonds is 7. The van der Waals surface area contributed by atoms with Crippen LogP contribution in [0.15, 0.2) is 55.5 Å². The van der Waals surface area contributed by atoms with Crippen molar-refractivity contribution in [2.75, 3.05) is 25.1 Å². The highest BCUT2D eigenvalue weighted by molar-refractivity contribution is 5.72. The molecule has 1 aliphatic heterocycles. The quantitative estimate of drug-likeness (QED) is 0.810. The Kier molecular flexibility index (Phi) is 8.27. The van der Waals surface area contributed by atoms with E-state index < -0.39 is 5.97 Å². The van der Waals surface area contributed by atoms with E-state index in [1.165, 1.54) is 12.8 Å². The predicted molar refractivity (Wildman–Crippen MR) is 90.2 cm³/mol. The first-order chi connectivity index (χ1) is 10.7. The third-order valence-electron chi connectivity index (χ3n) is 3.06. The average molecular weight is 303 g/mol. The molecule has 0 aliphatic carbocycles. The molecule has 0 unspecified atom stereocenters. The summed E-state index contributed by atoms with van der Waals surface area (Å²) < 4.78 is 0. The Balaban J connectivity index is 0.000000220. The predicted octanol–water partition coefficient (Wildman–Crippen LogP) is 3.16. The summed E-state index contributed by atoms with van der Waals surface area (Å²) in [6, 6.07) is 9.23. The van der Waals surface area contributed by atoms with E-state index >= 15 is 0 Å². The summed E-state index contributed by atoms with van der Waals surface area (Å²) in [5.74, 6) is -0.853. The van der Waals surface area contributed by atoms with Gasteiger partial charge in [0, 0.05) is 24.6 Å². The summed E-state index contributed by atoms with van der Waals surface area (Å²) in [6.45, 7) is 8.02. The molecule has 1 heterocycles. The minimum absolute atomic E-state index is 0.0377. The molecule has 0 spiro atoms. The lowest BCUT2D eigenvalue weighted by Crippen LogP contribution is -2.22. The van der Waals surface area contributed by atoms with Crippen LogP contribution in [0.25, 0.3) is 0 Å². The van der Waals surface area contributed by atoms with Crippen molar-refractivity contribution in [3.63, 3.8) is 0 Å². The molecule has 1 aliphatic rings. The number of aliphatic carboxylic acids is 1. The summed E-state index contributed by atoms with van der Waals surface area (Å²) in [5, 5.41) is 11.1. The zero-order chi connectivity index (χ0) is 16.2. The van der Waals surface area contributed by atoms with Crippen LogP contribution in [0.3, 0.4) is 0 Å². The highest BCUT2D eigenvalue weighted by Crippen LogP contribution is 2.07. The van der Waals surface area contributed by atoms with Crippen molar-refractivity contribution in [1.82, 2.24) is 9.80 Å². The second-order valence-electron chi connectivity index (χ2n) is 4.92. The highest BCUT2D eigenvalue weighted by atomic mass is 16.4. The normalized spacial score (nSPS) is 12.6. The Morgan fingerprint density at radius 3 is 2.64 bits per heavy atom. The van der Waals surface area contributed by atoms with Gasteiger partial charge in [0.1, 0.15) is 6.54 Å². The summed E-state index contributed by atoms with van der Waals surface area (Å²) in [4.78, 5) is 14.5. The van der Waals surface area contributed by atoms with E-state index in [4.69, 9.17) is 5.11 Å². The monoisotopic (exact) mass is 303 g/mol. The van der Waals surface area contributed by atoms with Crippen LogP contribution in [-0.4, -0.2) is 40.6 Å². The van der Waals surface area contributed by atoms with Gasteiger partial charge < -0.3 is 20.2 Å². The van der Waals surface area contributed by atoms with E-state index in [0.29, 0.717) is 0 Å². The first kappa shape index (κ1) is 17.6. The number of nitrogens with one attached hydrogen (secondary N) is 1. The topological polar surface area (TPSA) is 55.8 Å². The molecule has 0 radical (unpaired) electrons. The fourth-order valence-corrected chi connectivity index (χ4v) is 1.84. The number of hydrogen-bond acceptors (Lipinski definition) is 4. The number of anilines is 1. The van der Waals surface area contributed by atoms with Crippen molar-refractivity contribution < 1.29 is 9.90 Å². The van der Waals surface area contributed by atoms with Crippen molar-refractivity contribution in [3.8, 4) is 0 Å². The Morgan fingerprint density at radius 2 is 2.09 bits per heavy atom. The van der Waals surface area contributed by atoms with Crippen LogP contribution >= 0.6 is 0 Å². The molecule has 0 fully saturated rings. The standard InChI is InChI=1S/C9H16N2.C8H9NO2/c1-3-5-6-11-8-7-10(4-2)9-11;10-8(11)6-9-7-4-2-1-3-5-7/h4,7-8H,2-3,5-6,9H2,1H3;1-5,9H,6H2,(H,10,11). The molecule has 0 saturated heterocycles. The smallest absolute Gasteiger partial charge is 0.322 e. The first-order valence-electron chi connectivity index (χ1n) is 7.47. The Hall–Kier alpha value is -2.43. The zero-order valence-electron chi connectivity index (χ0n) is 13.1. The molecular weight excluding hydrogens is 278 g/mol. The minimum atomic E-state index is -0.853. The Labute approximate surface area is 132 Å². The summed E-state index contributed by atoms with van der Waals surface area (Å²) in [7, 11) is 0. The van der Waals surface area contributed by atoms with E-state index in [-0.39, 0.29) is 6.54 Å². The fourth-order valence-electron chi connectivity index (χ4n) is 1.84. The molecule has 0 aromatic heterocycles. The number of carbonyl (C=O) groups is 1. The summed E-state index contributed by atoms with van der Waals surface area (Å²) >= 11 is 0. The second kappa shape index (κ2) is 10.3. The maximum atomic E-state index is 10.1. The van der Waals surface area contributed by atoms with Gasteiger partial charge in [-0.15, -0.1) is 0 Å². The molecule has 2 rings (SSSR count). The first-order valence-corrected chi connectivity index (χ1v) is 7.47. The molecule has 22 heavy (non-hydrogen) atoms. The Morgan fingerprint density at radius 1 is 1.36 bits per heavy atom. The third kappa shape index (κ3) is 7.38. The van der Waals surface area contributed by atoms with Crippen LogP contribution in [0, 0.1) is 0 Å². The van der Waals surface area contributed by atoms with Gasteiger partial charge in [0.2, 0.25) is 0 Å². The summed E-state index contributed by atoms with van der Waals surface area (Å²) in [6.07, 6.45) is 8.57.